The standard InChI is InChI=1S/C23H34F4O2/c1-2-3-4-5-6-7-8-9-10-11-12-13-14-18(28)15-16-29-23-21(26)19(24)17-20(25)22(23)27/h17H,2-16H2,1H3. The molecule has 0 fully saturated rings. The Morgan fingerprint density at radius 2 is 1.17 bits per heavy atom. The van der Waals surface area contributed by atoms with E-state index in [2.05, 4.69) is 6.92 Å². The van der Waals surface area contributed by atoms with Crippen LogP contribution < -0.4 is 4.74 Å². The Morgan fingerprint density at radius 3 is 1.66 bits per heavy atom. The smallest absolute Gasteiger partial charge is 0.203 e. The van der Waals surface area contributed by atoms with Gasteiger partial charge in [0.25, 0.3) is 0 Å². The predicted molar refractivity (Wildman–Crippen MR) is 107 cm³/mol. The fraction of sp³-hybridized carbons (Fsp3) is 0.696. The largest absolute Gasteiger partial charge is 0.487 e. The van der Waals surface area contributed by atoms with Crippen molar-refractivity contribution < 1.29 is 27.1 Å². The number of hydrogen-bond donors (Lipinski definition) is 0. The number of rotatable bonds is 17. The van der Waals surface area contributed by atoms with Crippen LogP contribution in [0.3, 0.4) is 0 Å². The highest BCUT2D eigenvalue weighted by atomic mass is 19.2. The Bertz CT molecular complexity index is 579. The molecule has 6 heteroatoms. The fourth-order valence-corrected chi connectivity index (χ4v) is 3.23. The number of ketones is 1. The maximum absolute atomic E-state index is 13.4. The van der Waals surface area contributed by atoms with Gasteiger partial charge in [0.2, 0.25) is 11.6 Å². The fourth-order valence-electron chi connectivity index (χ4n) is 3.23. The molecule has 0 aliphatic heterocycles. The summed E-state index contributed by atoms with van der Waals surface area (Å²) < 4.78 is 57.8. The molecule has 0 saturated carbocycles. The Kier molecular flexibility index (Phi) is 13.4. The van der Waals surface area contributed by atoms with E-state index in [9.17, 15) is 22.4 Å². The topological polar surface area (TPSA) is 26.3 Å². The third-order valence-corrected chi connectivity index (χ3v) is 5.01. The minimum Gasteiger partial charge on any atom is -0.487 e. The second-order valence-corrected chi connectivity index (χ2v) is 7.57. The highest BCUT2D eigenvalue weighted by Gasteiger charge is 2.20. The van der Waals surface area contributed by atoms with E-state index in [1.165, 1.54) is 57.8 Å². The summed E-state index contributed by atoms with van der Waals surface area (Å²) in [5, 5.41) is 0. The van der Waals surface area contributed by atoms with E-state index >= 15 is 0 Å². The molecule has 1 rings (SSSR count). The van der Waals surface area contributed by atoms with Crippen LogP contribution in [0.25, 0.3) is 0 Å². The molecule has 0 N–H and O–H groups in total. The molecule has 0 bridgehead atoms. The van der Waals surface area contributed by atoms with Gasteiger partial charge in [-0.1, -0.05) is 77.6 Å². The normalized spacial score (nSPS) is 11.1. The van der Waals surface area contributed by atoms with Gasteiger partial charge in [-0.3, -0.25) is 4.79 Å². The van der Waals surface area contributed by atoms with Gasteiger partial charge in [0, 0.05) is 18.9 Å². The van der Waals surface area contributed by atoms with Gasteiger partial charge in [-0.05, 0) is 6.42 Å². The molecule has 0 saturated heterocycles. The van der Waals surface area contributed by atoms with Crippen molar-refractivity contribution in [1.29, 1.82) is 0 Å². The number of carbonyl (C=O) groups excluding carboxylic acids is 1. The molecule has 0 radical (unpaired) electrons. The third-order valence-electron chi connectivity index (χ3n) is 5.01. The molecule has 0 unspecified atom stereocenters. The molecule has 0 aromatic heterocycles. The molecule has 2 nitrogen and oxygen atoms in total. The molecule has 166 valence electrons. The number of benzene rings is 1. The quantitative estimate of drug-likeness (QED) is 0.147. The molecule has 0 atom stereocenters. The summed E-state index contributed by atoms with van der Waals surface area (Å²) in [7, 11) is 0. The van der Waals surface area contributed by atoms with Crippen molar-refractivity contribution in [3.8, 4) is 5.75 Å². The lowest BCUT2D eigenvalue weighted by Gasteiger charge is -2.09. The van der Waals surface area contributed by atoms with Crippen LogP contribution in [0, 0.1) is 23.3 Å². The lowest BCUT2D eigenvalue weighted by atomic mass is 10.0. The van der Waals surface area contributed by atoms with E-state index in [0.717, 1.165) is 19.3 Å². The Hall–Kier alpha value is -1.59. The van der Waals surface area contributed by atoms with Crippen molar-refractivity contribution in [2.45, 2.75) is 96.8 Å². The molecule has 29 heavy (non-hydrogen) atoms. The molecule has 0 spiro atoms. The Labute approximate surface area is 172 Å². The van der Waals surface area contributed by atoms with Gasteiger partial charge in [-0.25, -0.2) is 8.78 Å². The summed E-state index contributed by atoms with van der Waals surface area (Å²) in [5.41, 5.74) is 0. The zero-order valence-corrected chi connectivity index (χ0v) is 17.5. The van der Waals surface area contributed by atoms with E-state index in [1.54, 1.807) is 0 Å². The van der Waals surface area contributed by atoms with Crippen LogP contribution in [0.4, 0.5) is 17.6 Å². The zero-order chi connectivity index (χ0) is 21.5. The monoisotopic (exact) mass is 418 g/mol. The summed E-state index contributed by atoms with van der Waals surface area (Å²) in [4.78, 5) is 11.8. The minimum absolute atomic E-state index is 0.0466. The first-order valence-electron chi connectivity index (χ1n) is 10.9. The highest BCUT2D eigenvalue weighted by Crippen LogP contribution is 2.26. The van der Waals surface area contributed by atoms with Gasteiger partial charge < -0.3 is 4.74 Å². The molecule has 0 aliphatic carbocycles. The highest BCUT2D eigenvalue weighted by molar-refractivity contribution is 5.78. The third kappa shape index (κ3) is 10.7. The summed E-state index contributed by atoms with van der Waals surface area (Å²) in [6.45, 7) is 1.91. The van der Waals surface area contributed by atoms with Gasteiger partial charge in [0.1, 0.15) is 5.78 Å². The number of unbranched alkanes of at least 4 members (excludes halogenated alkanes) is 11. The van der Waals surface area contributed by atoms with E-state index in [1.807, 2.05) is 0 Å². The maximum Gasteiger partial charge on any atom is 0.203 e. The Morgan fingerprint density at radius 1 is 0.724 bits per heavy atom. The molecular weight excluding hydrogens is 384 g/mol. The zero-order valence-electron chi connectivity index (χ0n) is 17.5. The van der Waals surface area contributed by atoms with Gasteiger partial charge in [0.05, 0.1) is 6.61 Å². The number of Topliss-reactive ketones (excluding diaryl/α,β-unsaturated/α-hetero) is 1. The summed E-state index contributed by atoms with van der Waals surface area (Å²) in [6, 6.07) is 0.121. The first-order chi connectivity index (χ1) is 14.0. The summed E-state index contributed by atoms with van der Waals surface area (Å²) in [5.74, 6) is -7.42. The van der Waals surface area contributed by atoms with Crippen LogP contribution in [0.15, 0.2) is 6.07 Å². The van der Waals surface area contributed by atoms with Crippen LogP contribution in [0.2, 0.25) is 0 Å². The van der Waals surface area contributed by atoms with Crippen LogP contribution in [-0.4, -0.2) is 12.4 Å². The lowest BCUT2D eigenvalue weighted by molar-refractivity contribution is -0.119. The first kappa shape index (κ1) is 25.4. The van der Waals surface area contributed by atoms with E-state index in [-0.39, 0.29) is 24.9 Å². The average Bonchev–Trinajstić information content (AvgIpc) is 2.70. The summed E-state index contributed by atoms with van der Waals surface area (Å²) in [6.07, 6.45) is 14.8. The summed E-state index contributed by atoms with van der Waals surface area (Å²) >= 11 is 0. The molecule has 1 aromatic rings. The van der Waals surface area contributed by atoms with E-state index in [4.69, 9.17) is 4.74 Å². The van der Waals surface area contributed by atoms with Crippen LogP contribution in [0.1, 0.15) is 96.8 Å². The van der Waals surface area contributed by atoms with E-state index in [0.29, 0.717) is 6.42 Å². The van der Waals surface area contributed by atoms with E-state index < -0.39 is 29.0 Å². The number of carbonyl (C=O) groups is 1. The predicted octanol–water partition coefficient (Wildman–Crippen LogP) is 7.67. The van der Waals surface area contributed by atoms with Crippen molar-refractivity contribution in [1.82, 2.24) is 0 Å². The van der Waals surface area contributed by atoms with Crippen LogP contribution in [-0.2, 0) is 4.79 Å². The molecule has 0 amide bonds. The van der Waals surface area contributed by atoms with Crippen molar-refractivity contribution in [3.63, 3.8) is 0 Å². The van der Waals surface area contributed by atoms with Crippen molar-refractivity contribution >= 4 is 5.78 Å². The van der Waals surface area contributed by atoms with Gasteiger partial charge in [-0.15, -0.1) is 0 Å². The number of halogens is 4. The van der Waals surface area contributed by atoms with Crippen molar-refractivity contribution in [3.05, 3.63) is 29.3 Å². The lowest BCUT2D eigenvalue weighted by Crippen LogP contribution is -2.09. The minimum atomic E-state index is -1.59. The van der Waals surface area contributed by atoms with Crippen LogP contribution >= 0.6 is 0 Å². The SMILES string of the molecule is CCCCCCCCCCCCCCC(=O)CCOc1c(F)c(F)cc(F)c1F. The molecule has 0 aliphatic rings. The second kappa shape index (κ2) is 15.3. The first-order valence-corrected chi connectivity index (χ1v) is 10.9. The van der Waals surface area contributed by atoms with Gasteiger partial charge in [0.15, 0.2) is 17.4 Å². The van der Waals surface area contributed by atoms with Crippen molar-refractivity contribution in [2.75, 3.05) is 6.61 Å². The maximum atomic E-state index is 13.4. The van der Waals surface area contributed by atoms with Gasteiger partial charge >= 0.3 is 0 Å². The number of hydrogen-bond acceptors (Lipinski definition) is 2. The molecular formula is C23H34F4O2. The van der Waals surface area contributed by atoms with Crippen molar-refractivity contribution in [2.24, 2.45) is 0 Å². The van der Waals surface area contributed by atoms with Gasteiger partial charge in [-0.2, -0.15) is 8.78 Å². The Balaban J connectivity index is 2.03. The molecule has 0 heterocycles. The molecule has 1 aromatic carbocycles. The average molecular weight is 419 g/mol. The van der Waals surface area contributed by atoms with Crippen LogP contribution in [0.5, 0.6) is 5.75 Å². The number of ether oxygens (including phenoxy) is 1. The second-order valence-electron chi connectivity index (χ2n) is 7.57.